The van der Waals surface area contributed by atoms with Gasteiger partial charge in [0.15, 0.2) is 0 Å². The maximum absolute atomic E-state index is 11.8. The van der Waals surface area contributed by atoms with Crippen LogP contribution in [0, 0.1) is 0 Å². The fourth-order valence-electron chi connectivity index (χ4n) is 1.45. The van der Waals surface area contributed by atoms with Gasteiger partial charge in [-0.15, -0.1) is 23.1 Å². The van der Waals surface area contributed by atoms with Crippen LogP contribution in [0.1, 0.15) is 18.2 Å². The van der Waals surface area contributed by atoms with Crippen LogP contribution >= 0.6 is 34.7 Å². The third-order valence-corrected chi connectivity index (χ3v) is 5.19. The van der Waals surface area contributed by atoms with Gasteiger partial charge in [0.25, 0.3) is 0 Å². The molecule has 19 heavy (non-hydrogen) atoms. The molecule has 0 unspecified atom stereocenters. The van der Waals surface area contributed by atoms with Crippen molar-refractivity contribution >= 4 is 40.6 Å². The highest BCUT2D eigenvalue weighted by Crippen LogP contribution is 2.25. The van der Waals surface area contributed by atoms with Crippen molar-refractivity contribution in [3.8, 4) is 0 Å². The molecule has 0 saturated heterocycles. The second-order valence-corrected chi connectivity index (χ2v) is 6.98. The molecule has 3 N–H and O–H groups in total. The molecule has 7 heteroatoms. The van der Waals surface area contributed by atoms with Crippen molar-refractivity contribution in [3.05, 3.63) is 21.3 Å². The molecule has 0 bridgehead atoms. The number of aliphatic hydroxyl groups excluding tert-OH is 2. The summed E-state index contributed by atoms with van der Waals surface area (Å²) in [5, 5.41) is 21.2. The van der Waals surface area contributed by atoms with Crippen LogP contribution in [-0.2, 0) is 10.5 Å². The average Bonchev–Trinajstić information content (AvgIpc) is 2.82. The van der Waals surface area contributed by atoms with Gasteiger partial charge in [-0.1, -0.05) is 18.5 Å². The molecule has 4 nitrogen and oxygen atoms in total. The van der Waals surface area contributed by atoms with Crippen molar-refractivity contribution in [3.63, 3.8) is 0 Å². The Morgan fingerprint density at radius 1 is 1.47 bits per heavy atom. The second-order valence-electron chi connectivity index (χ2n) is 4.20. The number of rotatable bonds is 8. The van der Waals surface area contributed by atoms with E-state index in [9.17, 15) is 15.0 Å². The highest BCUT2D eigenvalue weighted by molar-refractivity contribution is 7.99. The van der Waals surface area contributed by atoms with Gasteiger partial charge in [-0.2, -0.15) is 0 Å². The van der Waals surface area contributed by atoms with E-state index in [1.54, 1.807) is 0 Å². The van der Waals surface area contributed by atoms with Crippen LogP contribution in [0.4, 0.5) is 0 Å². The minimum atomic E-state index is -0.913. The molecular weight excluding hydrogens is 306 g/mol. The van der Waals surface area contributed by atoms with E-state index >= 15 is 0 Å². The lowest BCUT2D eigenvalue weighted by atomic mass is 9.99. The Balaban J connectivity index is 2.35. The van der Waals surface area contributed by atoms with Crippen LogP contribution in [0.5, 0.6) is 0 Å². The van der Waals surface area contributed by atoms with Gasteiger partial charge in [0.2, 0.25) is 5.91 Å². The molecule has 1 heterocycles. The van der Waals surface area contributed by atoms with E-state index in [-0.39, 0.29) is 24.9 Å². The zero-order chi connectivity index (χ0) is 14.3. The number of hydrogen-bond donors (Lipinski definition) is 3. The molecule has 0 radical (unpaired) electrons. The number of thiophene rings is 1. The Morgan fingerprint density at radius 2 is 2.16 bits per heavy atom. The van der Waals surface area contributed by atoms with Crippen LogP contribution in [0.2, 0.25) is 4.34 Å². The largest absolute Gasteiger partial charge is 0.394 e. The molecule has 0 saturated carbocycles. The topological polar surface area (TPSA) is 69.6 Å². The summed E-state index contributed by atoms with van der Waals surface area (Å²) in [6.07, 6.45) is 0.483. The molecule has 1 aromatic heterocycles. The fraction of sp³-hybridized carbons (Fsp3) is 0.583. The Kier molecular flexibility index (Phi) is 7.17. The Labute approximate surface area is 126 Å². The third kappa shape index (κ3) is 5.31. The number of aliphatic hydroxyl groups is 2. The molecule has 0 aliphatic heterocycles. The van der Waals surface area contributed by atoms with Gasteiger partial charge < -0.3 is 15.5 Å². The average molecular weight is 324 g/mol. The lowest BCUT2D eigenvalue weighted by Crippen LogP contribution is -2.54. The van der Waals surface area contributed by atoms with E-state index < -0.39 is 5.54 Å². The van der Waals surface area contributed by atoms with Crippen LogP contribution in [0.3, 0.4) is 0 Å². The van der Waals surface area contributed by atoms with E-state index in [2.05, 4.69) is 5.32 Å². The van der Waals surface area contributed by atoms with Crippen molar-refractivity contribution in [2.45, 2.75) is 24.6 Å². The first-order valence-electron chi connectivity index (χ1n) is 5.90. The number of hydrogen-bond acceptors (Lipinski definition) is 5. The summed E-state index contributed by atoms with van der Waals surface area (Å²) in [4.78, 5) is 12.9. The predicted octanol–water partition coefficient (Wildman–Crippen LogP) is 1.88. The van der Waals surface area contributed by atoms with Gasteiger partial charge in [-0.05, 0) is 18.6 Å². The van der Waals surface area contributed by atoms with Crippen LogP contribution in [-0.4, -0.2) is 40.6 Å². The zero-order valence-corrected chi connectivity index (χ0v) is 13.1. The SMILES string of the molecule is CCC(CO)(CO)NC(=O)CSCc1ccc(Cl)s1. The van der Waals surface area contributed by atoms with Crippen molar-refractivity contribution in [1.29, 1.82) is 0 Å². The summed E-state index contributed by atoms with van der Waals surface area (Å²) in [6.45, 7) is 1.28. The maximum atomic E-state index is 11.8. The summed E-state index contributed by atoms with van der Waals surface area (Å²) in [6, 6.07) is 3.78. The van der Waals surface area contributed by atoms with E-state index in [1.165, 1.54) is 23.1 Å². The predicted molar refractivity (Wildman–Crippen MR) is 80.8 cm³/mol. The number of halogens is 1. The summed E-state index contributed by atoms with van der Waals surface area (Å²) >= 11 is 8.80. The molecule has 0 spiro atoms. The molecule has 108 valence electrons. The Bertz CT molecular complexity index is 399. The first kappa shape index (κ1) is 16.8. The molecule has 0 atom stereocenters. The highest BCUT2D eigenvalue weighted by Gasteiger charge is 2.28. The summed E-state index contributed by atoms with van der Waals surface area (Å²) in [5.74, 6) is 0.831. The molecule has 0 aliphatic carbocycles. The molecule has 1 rings (SSSR count). The number of nitrogens with one attached hydrogen (secondary N) is 1. The molecule has 0 aromatic carbocycles. The van der Waals surface area contributed by atoms with E-state index in [0.717, 1.165) is 15.0 Å². The summed E-state index contributed by atoms with van der Waals surface area (Å²) in [7, 11) is 0. The minimum Gasteiger partial charge on any atom is -0.394 e. The van der Waals surface area contributed by atoms with Gasteiger partial charge in [-0.3, -0.25) is 4.79 Å². The zero-order valence-electron chi connectivity index (χ0n) is 10.7. The van der Waals surface area contributed by atoms with Gasteiger partial charge in [-0.25, -0.2) is 0 Å². The minimum absolute atomic E-state index is 0.183. The van der Waals surface area contributed by atoms with Crippen LogP contribution < -0.4 is 5.32 Å². The van der Waals surface area contributed by atoms with Crippen LogP contribution in [0.25, 0.3) is 0 Å². The van der Waals surface area contributed by atoms with Crippen molar-refractivity contribution in [2.75, 3.05) is 19.0 Å². The number of thioether (sulfide) groups is 1. The molecule has 1 amide bonds. The maximum Gasteiger partial charge on any atom is 0.230 e. The number of carbonyl (C=O) groups is 1. The van der Waals surface area contributed by atoms with Crippen molar-refractivity contribution < 1.29 is 15.0 Å². The van der Waals surface area contributed by atoms with Gasteiger partial charge in [0, 0.05) is 10.6 Å². The van der Waals surface area contributed by atoms with Gasteiger partial charge >= 0.3 is 0 Å². The summed E-state index contributed by atoms with van der Waals surface area (Å²) in [5.41, 5.74) is -0.913. The first-order chi connectivity index (χ1) is 9.05. The Morgan fingerprint density at radius 3 is 2.63 bits per heavy atom. The molecule has 1 aromatic rings. The Hall–Kier alpha value is -0.270. The second kappa shape index (κ2) is 8.11. The summed E-state index contributed by atoms with van der Waals surface area (Å²) < 4.78 is 0.741. The first-order valence-corrected chi connectivity index (χ1v) is 8.25. The molecular formula is C12H18ClNO3S2. The number of carbonyl (C=O) groups excluding carboxylic acids is 1. The number of amides is 1. The fourth-order valence-corrected chi connectivity index (χ4v) is 3.47. The van der Waals surface area contributed by atoms with E-state index in [1.807, 2.05) is 19.1 Å². The lowest BCUT2D eigenvalue weighted by Gasteiger charge is -2.29. The van der Waals surface area contributed by atoms with Crippen molar-refractivity contribution in [2.24, 2.45) is 0 Å². The van der Waals surface area contributed by atoms with Gasteiger partial charge in [0.05, 0.1) is 28.8 Å². The molecule has 0 aliphatic rings. The van der Waals surface area contributed by atoms with E-state index in [0.29, 0.717) is 6.42 Å². The third-order valence-electron chi connectivity index (χ3n) is 2.79. The monoisotopic (exact) mass is 323 g/mol. The van der Waals surface area contributed by atoms with Crippen LogP contribution in [0.15, 0.2) is 12.1 Å². The smallest absolute Gasteiger partial charge is 0.230 e. The standard InChI is InChI=1S/C12H18ClNO3S2/c1-2-12(7-15,8-16)14-11(17)6-18-5-9-3-4-10(13)19-9/h3-4,15-16H,2,5-8H2,1H3,(H,14,17). The lowest BCUT2D eigenvalue weighted by molar-refractivity contribution is -0.121. The quantitative estimate of drug-likeness (QED) is 0.683. The van der Waals surface area contributed by atoms with Crippen molar-refractivity contribution in [1.82, 2.24) is 5.32 Å². The molecule has 0 fully saturated rings. The normalized spacial score (nSPS) is 11.6. The highest BCUT2D eigenvalue weighted by atomic mass is 35.5. The van der Waals surface area contributed by atoms with Gasteiger partial charge in [0.1, 0.15) is 0 Å². The van der Waals surface area contributed by atoms with E-state index in [4.69, 9.17) is 11.6 Å².